The van der Waals surface area contributed by atoms with Gasteiger partial charge in [-0.25, -0.2) is 0 Å². The molecule has 0 saturated heterocycles. The Hall–Kier alpha value is -5.38. The highest BCUT2D eigenvalue weighted by Crippen LogP contribution is 2.47. The van der Waals surface area contributed by atoms with Crippen LogP contribution in [0.5, 0.6) is 0 Å². The van der Waals surface area contributed by atoms with E-state index in [2.05, 4.69) is 183 Å². The molecule has 0 radical (unpaired) electrons. The van der Waals surface area contributed by atoms with Crippen LogP contribution in [0.3, 0.4) is 0 Å². The Morgan fingerprint density at radius 2 is 0.894 bits per heavy atom. The van der Waals surface area contributed by atoms with Gasteiger partial charge in [-0.05, 0) is 111 Å². The normalized spacial score (nSPS) is 11.4. The van der Waals surface area contributed by atoms with Crippen molar-refractivity contribution in [2.24, 2.45) is 0 Å². The highest BCUT2D eigenvalue weighted by Gasteiger charge is 2.21. The first-order valence-corrected chi connectivity index (χ1v) is 17.0. The maximum atomic E-state index is 2.42. The fourth-order valence-corrected chi connectivity index (χ4v) is 7.92. The molecule has 0 aliphatic rings. The van der Waals surface area contributed by atoms with Crippen molar-refractivity contribution in [3.05, 3.63) is 168 Å². The van der Waals surface area contributed by atoms with Gasteiger partial charge in [-0.2, -0.15) is 0 Å². The third-order valence-electron chi connectivity index (χ3n) is 9.04. The van der Waals surface area contributed by atoms with Gasteiger partial charge in [-0.3, -0.25) is 0 Å². The van der Waals surface area contributed by atoms with E-state index in [4.69, 9.17) is 0 Å². The highest BCUT2D eigenvalue weighted by atomic mass is 32.1. The number of aryl methyl sites for hydroxylation is 4. The lowest BCUT2D eigenvalue weighted by molar-refractivity contribution is 1.27. The molecule has 7 aromatic carbocycles. The molecule has 47 heavy (non-hydrogen) atoms. The predicted octanol–water partition coefficient (Wildman–Crippen LogP) is 13.4. The zero-order chi connectivity index (χ0) is 32.1. The number of rotatable bonds is 6. The molecular formula is C44H36N2S. The third kappa shape index (κ3) is 5.33. The van der Waals surface area contributed by atoms with Crippen LogP contribution in [0.25, 0.3) is 30.9 Å². The SMILES string of the molecule is Cc1ccc(N(c2cccc(C)c2)c2ccc3c(c2)sc2cc(N(c4ccc(C)cc4)c4cccc(C)c4)c4ccccc4c23)cc1. The molecule has 0 unspecified atom stereocenters. The van der Waals surface area contributed by atoms with Gasteiger partial charge in [0.25, 0.3) is 0 Å². The van der Waals surface area contributed by atoms with Crippen LogP contribution in [0.2, 0.25) is 0 Å². The minimum absolute atomic E-state index is 1.15. The van der Waals surface area contributed by atoms with Gasteiger partial charge in [0.05, 0.1) is 5.69 Å². The van der Waals surface area contributed by atoms with E-state index in [9.17, 15) is 0 Å². The van der Waals surface area contributed by atoms with Gasteiger partial charge < -0.3 is 9.80 Å². The summed E-state index contributed by atoms with van der Waals surface area (Å²) in [7, 11) is 0. The van der Waals surface area contributed by atoms with Crippen LogP contribution >= 0.6 is 11.3 Å². The number of thiophene rings is 1. The zero-order valence-electron chi connectivity index (χ0n) is 27.2. The summed E-state index contributed by atoms with van der Waals surface area (Å²) in [5, 5.41) is 5.13. The first-order chi connectivity index (χ1) is 22.9. The second-order valence-electron chi connectivity index (χ2n) is 12.6. The Morgan fingerprint density at radius 1 is 0.362 bits per heavy atom. The zero-order valence-corrected chi connectivity index (χ0v) is 28.0. The van der Waals surface area contributed by atoms with Crippen molar-refractivity contribution >= 4 is 76.4 Å². The van der Waals surface area contributed by atoms with Crippen LogP contribution < -0.4 is 9.80 Å². The van der Waals surface area contributed by atoms with Gasteiger partial charge in [0, 0.05) is 54.0 Å². The van der Waals surface area contributed by atoms with Gasteiger partial charge in [0.2, 0.25) is 0 Å². The van der Waals surface area contributed by atoms with Crippen molar-refractivity contribution in [2.75, 3.05) is 9.80 Å². The Kier molecular flexibility index (Phi) is 7.27. The number of nitrogens with zero attached hydrogens (tertiary/aromatic N) is 2. The minimum Gasteiger partial charge on any atom is -0.310 e. The Bertz CT molecular complexity index is 2400. The molecule has 0 bridgehead atoms. The molecule has 0 spiro atoms. The van der Waals surface area contributed by atoms with E-state index in [-0.39, 0.29) is 0 Å². The molecule has 1 aromatic heterocycles. The maximum absolute atomic E-state index is 2.42. The van der Waals surface area contributed by atoms with Gasteiger partial charge >= 0.3 is 0 Å². The third-order valence-corrected chi connectivity index (χ3v) is 10.1. The number of hydrogen-bond donors (Lipinski definition) is 0. The summed E-state index contributed by atoms with van der Waals surface area (Å²) in [5.41, 5.74) is 12.0. The second-order valence-corrected chi connectivity index (χ2v) is 13.7. The fourth-order valence-electron chi connectivity index (χ4n) is 6.73. The van der Waals surface area contributed by atoms with Gasteiger partial charge in [-0.15, -0.1) is 11.3 Å². The number of fused-ring (bicyclic) bond motifs is 5. The largest absolute Gasteiger partial charge is 0.310 e. The summed E-state index contributed by atoms with van der Waals surface area (Å²) in [6.07, 6.45) is 0. The molecule has 0 atom stereocenters. The van der Waals surface area contributed by atoms with E-state index in [1.165, 1.54) is 58.9 Å². The van der Waals surface area contributed by atoms with Crippen LogP contribution in [0.4, 0.5) is 34.1 Å². The van der Waals surface area contributed by atoms with E-state index >= 15 is 0 Å². The van der Waals surface area contributed by atoms with E-state index in [0.29, 0.717) is 0 Å². The summed E-state index contributed by atoms with van der Waals surface area (Å²) < 4.78 is 2.56. The van der Waals surface area contributed by atoms with Gasteiger partial charge in [0.15, 0.2) is 0 Å². The Labute approximate surface area is 280 Å². The Morgan fingerprint density at radius 3 is 1.51 bits per heavy atom. The molecule has 2 nitrogen and oxygen atoms in total. The molecule has 3 heteroatoms. The van der Waals surface area contributed by atoms with Gasteiger partial charge in [-0.1, -0.05) is 90.0 Å². The topological polar surface area (TPSA) is 6.48 Å². The average Bonchev–Trinajstić information content (AvgIpc) is 3.45. The monoisotopic (exact) mass is 624 g/mol. The smallest absolute Gasteiger partial charge is 0.0554 e. The maximum Gasteiger partial charge on any atom is 0.0554 e. The summed E-state index contributed by atoms with van der Waals surface area (Å²) in [5.74, 6) is 0. The molecule has 8 aromatic rings. The van der Waals surface area contributed by atoms with Crippen molar-refractivity contribution < 1.29 is 0 Å². The summed E-state index contributed by atoms with van der Waals surface area (Å²) >= 11 is 1.88. The molecule has 0 amide bonds. The lowest BCUT2D eigenvalue weighted by atomic mass is 10.0. The molecule has 0 saturated carbocycles. The Balaban J connectivity index is 1.36. The standard InChI is InChI=1S/C44H36N2S/c1-29-15-19-33(20-16-29)45(35-11-7-9-31(3)25-35)37-23-24-40-42(27-37)47-43-28-41(38-13-5-6-14-39(38)44(40)43)46(34-21-17-30(2)18-22-34)36-12-8-10-32(4)26-36/h5-28H,1-4H3. The van der Waals surface area contributed by atoms with Gasteiger partial charge in [0.1, 0.15) is 0 Å². The second kappa shape index (κ2) is 11.8. The molecule has 0 N–H and O–H groups in total. The van der Waals surface area contributed by atoms with E-state index < -0.39 is 0 Å². The highest BCUT2D eigenvalue weighted by molar-refractivity contribution is 7.26. The fraction of sp³-hybridized carbons (Fsp3) is 0.0909. The lowest BCUT2D eigenvalue weighted by Crippen LogP contribution is -2.10. The van der Waals surface area contributed by atoms with Crippen molar-refractivity contribution in [1.29, 1.82) is 0 Å². The van der Waals surface area contributed by atoms with E-state index in [0.717, 1.165) is 28.4 Å². The summed E-state index contributed by atoms with van der Waals surface area (Å²) in [4.78, 5) is 4.79. The number of hydrogen-bond acceptors (Lipinski definition) is 3. The van der Waals surface area contributed by atoms with Crippen LogP contribution in [0.15, 0.2) is 146 Å². The summed E-state index contributed by atoms with van der Waals surface area (Å²) in [6.45, 7) is 8.61. The van der Waals surface area contributed by atoms with E-state index in [1.807, 2.05) is 11.3 Å². The molecular weight excluding hydrogens is 589 g/mol. The van der Waals surface area contributed by atoms with Crippen LogP contribution in [0.1, 0.15) is 22.3 Å². The molecule has 228 valence electrons. The lowest BCUT2D eigenvalue weighted by Gasteiger charge is -2.27. The molecule has 0 aliphatic heterocycles. The molecule has 1 heterocycles. The first kappa shape index (κ1) is 29.1. The van der Waals surface area contributed by atoms with Crippen LogP contribution in [-0.2, 0) is 0 Å². The van der Waals surface area contributed by atoms with Crippen molar-refractivity contribution in [2.45, 2.75) is 27.7 Å². The van der Waals surface area contributed by atoms with Crippen LogP contribution in [-0.4, -0.2) is 0 Å². The molecule has 0 fully saturated rings. The van der Waals surface area contributed by atoms with E-state index in [1.54, 1.807) is 0 Å². The first-order valence-electron chi connectivity index (χ1n) is 16.2. The number of anilines is 6. The quantitative estimate of drug-likeness (QED) is 0.182. The minimum atomic E-state index is 1.15. The predicted molar refractivity (Wildman–Crippen MR) is 205 cm³/mol. The number of benzene rings is 7. The molecule has 8 rings (SSSR count). The average molecular weight is 625 g/mol. The summed E-state index contributed by atoms with van der Waals surface area (Å²) in [6, 6.07) is 53.6. The van der Waals surface area contributed by atoms with Crippen molar-refractivity contribution in [3.63, 3.8) is 0 Å². The van der Waals surface area contributed by atoms with Crippen LogP contribution in [0, 0.1) is 27.7 Å². The van der Waals surface area contributed by atoms with Crippen molar-refractivity contribution in [1.82, 2.24) is 0 Å². The van der Waals surface area contributed by atoms with Crippen molar-refractivity contribution in [3.8, 4) is 0 Å². The molecule has 0 aliphatic carbocycles.